The van der Waals surface area contributed by atoms with Gasteiger partial charge in [-0.15, -0.1) is 0 Å². The number of hydrogen-bond donors (Lipinski definition) is 2. The molecule has 2 aromatic rings. The van der Waals surface area contributed by atoms with Crippen molar-refractivity contribution in [2.45, 2.75) is 32.6 Å². The number of aliphatic hydroxyl groups excluding tert-OH is 1. The van der Waals surface area contributed by atoms with E-state index in [1.54, 1.807) is 6.33 Å². The van der Waals surface area contributed by atoms with Gasteiger partial charge in [-0.3, -0.25) is 4.57 Å². The van der Waals surface area contributed by atoms with E-state index in [1.807, 2.05) is 11.5 Å². The summed E-state index contributed by atoms with van der Waals surface area (Å²) < 4.78 is 13.1. The fourth-order valence-corrected chi connectivity index (χ4v) is 2.71. The Balaban J connectivity index is 2.04. The lowest BCUT2D eigenvalue weighted by atomic mass is 10.1. The van der Waals surface area contributed by atoms with Gasteiger partial charge in [-0.2, -0.15) is 9.97 Å². The van der Waals surface area contributed by atoms with E-state index in [-0.39, 0.29) is 30.8 Å². The van der Waals surface area contributed by atoms with Gasteiger partial charge in [0.2, 0.25) is 11.8 Å². The normalized spacial score (nSPS) is 25.6. The number of aliphatic hydroxyl groups is 1. The van der Waals surface area contributed by atoms with Crippen molar-refractivity contribution in [3.63, 3.8) is 0 Å². The number of fused-ring (bicyclic) bond motifs is 1. The minimum atomic E-state index is -0.226. The van der Waals surface area contributed by atoms with Gasteiger partial charge in [-0.1, -0.05) is 6.92 Å². The Hall–Kier alpha value is -1.93. The monoisotopic (exact) mass is 293 g/mol. The Labute approximate surface area is 121 Å². The van der Waals surface area contributed by atoms with E-state index in [2.05, 4.69) is 21.9 Å². The highest BCUT2D eigenvalue weighted by atomic mass is 16.5. The molecule has 0 aliphatic carbocycles. The van der Waals surface area contributed by atoms with E-state index in [1.165, 1.54) is 0 Å². The molecule has 0 bridgehead atoms. The maximum Gasteiger partial charge on any atom is 0.247 e. The van der Waals surface area contributed by atoms with Crippen LogP contribution in [0.3, 0.4) is 0 Å². The van der Waals surface area contributed by atoms with E-state index < -0.39 is 0 Å². The molecule has 8 heteroatoms. The lowest BCUT2D eigenvalue weighted by Gasteiger charge is -2.17. The number of nitrogens with two attached hydrogens (primary N) is 1. The summed E-state index contributed by atoms with van der Waals surface area (Å²) in [7, 11) is 0. The highest BCUT2D eigenvalue weighted by Crippen LogP contribution is 2.36. The molecule has 21 heavy (non-hydrogen) atoms. The smallest absolute Gasteiger partial charge is 0.247 e. The Morgan fingerprint density at radius 1 is 1.52 bits per heavy atom. The summed E-state index contributed by atoms with van der Waals surface area (Å²) in [6, 6.07) is 0. The third-order valence-electron chi connectivity index (χ3n) is 3.62. The van der Waals surface area contributed by atoms with E-state index in [0.29, 0.717) is 23.7 Å². The minimum absolute atomic E-state index is 0.00872. The third-order valence-corrected chi connectivity index (χ3v) is 3.62. The second-order valence-corrected chi connectivity index (χ2v) is 5.19. The molecule has 2 unspecified atom stereocenters. The summed E-state index contributed by atoms with van der Waals surface area (Å²) in [5.74, 6) is 0.756. The molecule has 1 fully saturated rings. The summed E-state index contributed by atoms with van der Waals surface area (Å²) in [6.07, 6.45) is 2.06. The highest BCUT2D eigenvalue weighted by Gasteiger charge is 2.34. The Kier molecular flexibility index (Phi) is 3.64. The number of rotatable bonds is 4. The van der Waals surface area contributed by atoms with Crippen molar-refractivity contribution in [2.75, 3.05) is 18.9 Å². The van der Waals surface area contributed by atoms with E-state index in [9.17, 15) is 5.11 Å². The fourth-order valence-electron chi connectivity index (χ4n) is 2.71. The van der Waals surface area contributed by atoms with Crippen molar-refractivity contribution in [3.05, 3.63) is 6.33 Å². The van der Waals surface area contributed by atoms with Crippen molar-refractivity contribution in [2.24, 2.45) is 5.92 Å². The molecule has 0 saturated carbocycles. The molecule has 2 aromatic heterocycles. The van der Waals surface area contributed by atoms with Crippen molar-refractivity contribution in [3.8, 4) is 5.88 Å². The molecule has 0 radical (unpaired) electrons. The van der Waals surface area contributed by atoms with Crippen LogP contribution in [0.1, 0.15) is 26.5 Å². The summed E-state index contributed by atoms with van der Waals surface area (Å²) in [6.45, 7) is 4.42. The molecule has 1 aliphatic heterocycles. The first-order valence-electron chi connectivity index (χ1n) is 7.03. The van der Waals surface area contributed by atoms with Crippen LogP contribution in [0.2, 0.25) is 0 Å². The first-order chi connectivity index (χ1) is 10.1. The number of hydrogen-bond acceptors (Lipinski definition) is 7. The molecule has 1 aliphatic rings. The molecule has 114 valence electrons. The molecule has 0 amide bonds. The zero-order valence-electron chi connectivity index (χ0n) is 12.1. The van der Waals surface area contributed by atoms with Crippen LogP contribution in [-0.2, 0) is 4.74 Å². The second kappa shape index (κ2) is 5.45. The maximum absolute atomic E-state index is 9.26. The third kappa shape index (κ3) is 2.40. The first-order valence-corrected chi connectivity index (χ1v) is 7.03. The van der Waals surface area contributed by atoms with Gasteiger partial charge in [0.25, 0.3) is 0 Å². The van der Waals surface area contributed by atoms with Gasteiger partial charge >= 0.3 is 0 Å². The molecule has 0 spiro atoms. The average Bonchev–Trinajstić information content (AvgIpc) is 3.02. The van der Waals surface area contributed by atoms with Crippen LogP contribution in [0.5, 0.6) is 5.88 Å². The van der Waals surface area contributed by atoms with Gasteiger partial charge in [0.05, 0.1) is 25.6 Å². The molecule has 8 nitrogen and oxygen atoms in total. The van der Waals surface area contributed by atoms with Crippen molar-refractivity contribution >= 4 is 17.1 Å². The predicted molar refractivity (Wildman–Crippen MR) is 75.7 cm³/mol. The molecule has 1 saturated heterocycles. The zero-order valence-corrected chi connectivity index (χ0v) is 12.1. The number of nitrogens with zero attached hydrogens (tertiary/aromatic N) is 4. The molecule has 3 rings (SSSR count). The van der Waals surface area contributed by atoms with Crippen LogP contribution in [-0.4, -0.2) is 43.9 Å². The van der Waals surface area contributed by atoms with Crippen LogP contribution in [0.15, 0.2) is 6.33 Å². The average molecular weight is 293 g/mol. The van der Waals surface area contributed by atoms with Crippen LogP contribution in [0, 0.1) is 5.92 Å². The van der Waals surface area contributed by atoms with Crippen LogP contribution < -0.4 is 10.5 Å². The fraction of sp³-hybridized carbons (Fsp3) is 0.615. The van der Waals surface area contributed by atoms with Crippen molar-refractivity contribution in [1.29, 1.82) is 0 Å². The quantitative estimate of drug-likeness (QED) is 0.855. The Morgan fingerprint density at radius 3 is 3.00 bits per heavy atom. The molecular formula is C13H19N5O3. The van der Waals surface area contributed by atoms with E-state index >= 15 is 0 Å². The van der Waals surface area contributed by atoms with Crippen LogP contribution >= 0.6 is 0 Å². The molecule has 3 heterocycles. The van der Waals surface area contributed by atoms with Gasteiger partial charge in [-0.05, 0) is 13.3 Å². The van der Waals surface area contributed by atoms with Gasteiger partial charge in [-0.25, -0.2) is 4.98 Å². The standard InChI is InChI=1S/C13H19N5O3/c1-3-20-11-9-10(16-13(14)17-11)18(6-15-9)12-7(2)4-8(5-19)21-12/h6-8,12,19H,3-5H2,1-2H3,(H2,14,16,17)/t7-,8?,12?/m0/s1. The van der Waals surface area contributed by atoms with Crippen molar-refractivity contribution in [1.82, 2.24) is 19.5 Å². The molecule has 3 N–H and O–H groups in total. The van der Waals surface area contributed by atoms with Crippen LogP contribution in [0.25, 0.3) is 11.2 Å². The maximum atomic E-state index is 9.26. The highest BCUT2D eigenvalue weighted by molar-refractivity contribution is 5.77. The van der Waals surface area contributed by atoms with Crippen LogP contribution in [0.4, 0.5) is 5.95 Å². The summed E-state index contributed by atoms with van der Waals surface area (Å²) in [5.41, 5.74) is 6.89. The van der Waals surface area contributed by atoms with Gasteiger partial charge < -0.3 is 20.3 Å². The zero-order chi connectivity index (χ0) is 15.0. The SMILES string of the molecule is CCOc1nc(N)nc2c1ncn2C1OC(CO)C[C@@H]1C. The number of imidazole rings is 1. The number of aromatic nitrogens is 4. The molecule has 3 atom stereocenters. The summed E-state index contributed by atoms with van der Waals surface area (Å²) in [5, 5.41) is 9.26. The van der Waals surface area contributed by atoms with Gasteiger partial charge in [0, 0.05) is 5.92 Å². The lowest BCUT2D eigenvalue weighted by Crippen LogP contribution is -2.15. The lowest BCUT2D eigenvalue weighted by molar-refractivity contribution is -0.0294. The topological polar surface area (TPSA) is 108 Å². The Bertz CT molecular complexity index is 644. The van der Waals surface area contributed by atoms with Gasteiger partial charge in [0.15, 0.2) is 11.2 Å². The first kappa shape index (κ1) is 14.0. The minimum Gasteiger partial charge on any atom is -0.476 e. The second-order valence-electron chi connectivity index (χ2n) is 5.19. The molecular weight excluding hydrogens is 274 g/mol. The number of ether oxygens (including phenoxy) is 2. The number of anilines is 1. The van der Waals surface area contributed by atoms with Crippen molar-refractivity contribution < 1.29 is 14.6 Å². The predicted octanol–water partition coefficient (Wildman–Crippen LogP) is 0.723. The summed E-state index contributed by atoms with van der Waals surface area (Å²) in [4.78, 5) is 12.6. The van der Waals surface area contributed by atoms with E-state index in [4.69, 9.17) is 15.2 Å². The van der Waals surface area contributed by atoms with E-state index in [0.717, 1.165) is 6.42 Å². The largest absolute Gasteiger partial charge is 0.476 e. The summed E-state index contributed by atoms with van der Waals surface area (Å²) >= 11 is 0. The number of nitrogen functional groups attached to an aromatic ring is 1. The molecule has 0 aromatic carbocycles. The Morgan fingerprint density at radius 2 is 2.33 bits per heavy atom. The van der Waals surface area contributed by atoms with Gasteiger partial charge in [0.1, 0.15) is 6.23 Å².